The van der Waals surface area contributed by atoms with Gasteiger partial charge in [-0.25, -0.2) is 0 Å². The van der Waals surface area contributed by atoms with E-state index in [1.54, 1.807) is 0 Å². The number of unbranched alkanes of at least 4 members (excludes halogenated alkanes) is 9. The summed E-state index contributed by atoms with van der Waals surface area (Å²) < 4.78 is 22.5. The zero-order chi connectivity index (χ0) is 33.7. The fourth-order valence-corrected chi connectivity index (χ4v) is 4.95. The minimum Gasteiger partial charge on any atom is -0.457 e. The maximum atomic E-state index is 12.5. The van der Waals surface area contributed by atoms with Gasteiger partial charge in [-0.1, -0.05) is 107 Å². The molecule has 0 aromatic carbocycles. The smallest absolute Gasteiger partial charge is 0.306 e. The summed E-state index contributed by atoms with van der Waals surface area (Å²) in [6, 6.07) is 0. The minimum absolute atomic E-state index is 0.123. The van der Waals surface area contributed by atoms with E-state index in [2.05, 4.69) is 62.5 Å². The van der Waals surface area contributed by atoms with Gasteiger partial charge in [0, 0.05) is 13.0 Å². The van der Waals surface area contributed by atoms with E-state index in [1.165, 1.54) is 12.8 Å². The van der Waals surface area contributed by atoms with Gasteiger partial charge >= 0.3 is 5.97 Å². The van der Waals surface area contributed by atoms with E-state index in [-0.39, 0.29) is 19.2 Å². The lowest BCUT2D eigenvalue weighted by Gasteiger charge is -2.39. The Bertz CT molecular complexity index is 839. The van der Waals surface area contributed by atoms with Gasteiger partial charge in [-0.05, 0) is 51.4 Å². The number of aliphatic hydroxyl groups is 4. The van der Waals surface area contributed by atoms with Crippen LogP contribution in [0.15, 0.2) is 48.6 Å². The van der Waals surface area contributed by atoms with Crippen LogP contribution in [0.3, 0.4) is 0 Å². The average molecular weight is 653 g/mol. The molecule has 9 heteroatoms. The maximum Gasteiger partial charge on any atom is 0.306 e. The number of hydrogen-bond acceptors (Lipinski definition) is 9. The van der Waals surface area contributed by atoms with Crippen molar-refractivity contribution in [1.82, 2.24) is 0 Å². The summed E-state index contributed by atoms with van der Waals surface area (Å²) in [5, 5.41) is 39.7. The topological polar surface area (TPSA) is 135 Å². The highest BCUT2D eigenvalue weighted by atomic mass is 16.7. The first-order valence-corrected chi connectivity index (χ1v) is 17.7. The molecule has 1 heterocycles. The zero-order valence-corrected chi connectivity index (χ0v) is 28.6. The monoisotopic (exact) mass is 652 g/mol. The van der Waals surface area contributed by atoms with E-state index in [4.69, 9.17) is 18.9 Å². The average Bonchev–Trinajstić information content (AvgIpc) is 3.05. The van der Waals surface area contributed by atoms with Gasteiger partial charge in [0.1, 0.15) is 30.5 Å². The van der Waals surface area contributed by atoms with Gasteiger partial charge in [0.25, 0.3) is 0 Å². The number of esters is 1. The quantitative estimate of drug-likeness (QED) is 0.0440. The molecule has 266 valence electrons. The first-order valence-electron chi connectivity index (χ1n) is 17.7. The molecule has 1 aliphatic rings. The standard InChI is InChI=1S/C37H64O9/c1-3-5-7-9-10-11-12-13-14-15-16-17-18-19-20-21-23-25-27-43-29-31(45-33(39)26-24-22-8-6-4-2)30-44-37-36(42)35(41)34(40)32(28-38)46-37/h5,7,10-11,13-14,16-17,31-32,34-38,40-42H,3-4,6,8-9,12,15,18-30H2,1-2H3/b7-5-,11-10-,14-13-,17-16-. The third kappa shape index (κ3) is 21.1. The van der Waals surface area contributed by atoms with Crippen LogP contribution in [0.25, 0.3) is 0 Å². The van der Waals surface area contributed by atoms with Crippen molar-refractivity contribution in [3.05, 3.63) is 48.6 Å². The number of carbonyl (C=O) groups excluding carboxylic acids is 1. The van der Waals surface area contributed by atoms with Crippen LogP contribution >= 0.6 is 0 Å². The number of carbonyl (C=O) groups is 1. The predicted molar refractivity (Wildman–Crippen MR) is 182 cm³/mol. The van der Waals surface area contributed by atoms with Crippen LogP contribution in [0.5, 0.6) is 0 Å². The molecule has 46 heavy (non-hydrogen) atoms. The minimum atomic E-state index is -1.54. The van der Waals surface area contributed by atoms with Crippen LogP contribution in [-0.4, -0.2) is 89.6 Å². The number of ether oxygens (including phenoxy) is 4. The van der Waals surface area contributed by atoms with E-state index >= 15 is 0 Å². The Morgan fingerprint density at radius 1 is 0.717 bits per heavy atom. The van der Waals surface area contributed by atoms with Gasteiger partial charge in [0.15, 0.2) is 6.29 Å². The van der Waals surface area contributed by atoms with Crippen LogP contribution < -0.4 is 0 Å². The molecule has 0 bridgehead atoms. The summed E-state index contributed by atoms with van der Waals surface area (Å²) in [7, 11) is 0. The third-order valence-corrected chi connectivity index (χ3v) is 7.76. The van der Waals surface area contributed by atoms with Crippen molar-refractivity contribution in [2.45, 2.75) is 153 Å². The Hall–Kier alpha value is -1.85. The van der Waals surface area contributed by atoms with Crippen molar-refractivity contribution in [3.8, 4) is 0 Å². The fourth-order valence-electron chi connectivity index (χ4n) is 4.95. The summed E-state index contributed by atoms with van der Waals surface area (Å²) >= 11 is 0. The van der Waals surface area contributed by atoms with Gasteiger partial charge in [-0.15, -0.1) is 0 Å². The van der Waals surface area contributed by atoms with Crippen molar-refractivity contribution < 1.29 is 44.2 Å². The van der Waals surface area contributed by atoms with Gasteiger partial charge in [-0.3, -0.25) is 4.79 Å². The van der Waals surface area contributed by atoms with Crippen LogP contribution in [0.2, 0.25) is 0 Å². The second-order valence-corrected chi connectivity index (χ2v) is 11.9. The maximum absolute atomic E-state index is 12.5. The molecule has 1 rings (SSSR count). The molecule has 0 spiro atoms. The molecule has 0 aromatic heterocycles. The largest absolute Gasteiger partial charge is 0.457 e. The van der Waals surface area contributed by atoms with Gasteiger partial charge in [-0.2, -0.15) is 0 Å². The summed E-state index contributed by atoms with van der Waals surface area (Å²) in [6.45, 7) is 4.28. The Kier molecular flexibility index (Phi) is 26.9. The van der Waals surface area contributed by atoms with Crippen molar-refractivity contribution >= 4 is 5.97 Å². The molecule has 0 amide bonds. The number of aliphatic hydroxyl groups excluding tert-OH is 4. The molecule has 0 aliphatic carbocycles. The van der Waals surface area contributed by atoms with Crippen molar-refractivity contribution in [1.29, 1.82) is 0 Å². The molecule has 0 saturated carbocycles. The molecule has 6 atom stereocenters. The Morgan fingerprint density at radius 2 is 1.33 bits per heavy atom. The third-order valence-electron chi connectivity index (χ3n) is 7.76. The molecule has 1 saturated heterocycles. The molecule has 1 aliphatic heterocycles. The van der Waals surface area contributed by atoms with Gasteiger partial charge in [0.05, 0.1) is 19.8 Å². The van der Waals surface area contributed by atoms with Gasteiger partial charge in [0.2, 0.25) is 0 Å². The molecule has 1 fully saturated rings. The van der Waals surface area contributed by atoms with E-state index < -0.39 is 43.4 Å². The van der Waals surface area contributed by atoms with E-state index in [0.717, 1.165) is 83.5 Å². The fraction of sp³-hybridized carbons (Fsp3) is 0.757. The second-order valence-electron chi connectivity index (χ2n) is 11.9. The summed E-state index contributed by atoms with van der Waals surface area (Å²) in [6.07, 6.45) is 26.1. The SMILES string of the molecule is CC/C=C\C/C=C\C/C=C\C/C=C\CCCCCCCOCC(COC1OC(CO)C(O)C(O)C1O)OC(=O)CCCCCCC. The van der Waals surface area contributed by atoms with Crippen molar-refractivity contribution in [2.24, 2.45) is 0 Å². The summed E-state index contributed by atoms with van der Waals surface area (Å²) in [4.78, 5) is 12.5. The van der Waals surface area contributed by atoms with Crippen LogP contribution in [-0.2, 0) is 23.7 Å². The molecule has 9 nitrogen and oxygen atoms in total. The Labute approximate surface area is 278 Å². The number of allylic oxidation sites excluding steroid dienone is 8. The highest BCUT2D eigenvalue weighted by molar-refractivity contribution is 5.69. The van der Waals surface area contributed by atoms with Crippen molar-refractivity contribution in [2.75, 3.05) is 26.4 Å². The molecule has 0 radical (unpaired) electrons. The molecular weight excluding hydrogens is 588 g/mol. The predicted octanol–water partition coefficient (Wildman–Crippen LogP) is 6.24. The summed E-state index contributed by atoms with van der Waals surface area (Å²) in [5.41, 5.74) is 0. The molecule has 0 aromatic rings. The lowest BCUT2D eigenvalue weighted by Crippen LogP contribution is -2.59. The normalized spacial score (nSPS) is 23.0. The summed E-state index contributed by atoms with van der Waals surface area (Å²) in [5.74, 6) is -0.337. The first kappa shape index (κ1) is 42.2. The van der Waals surface area contributed by atoms with Gasteiger partial charge < -0.3 is 39.4 Å². The van der Waals surface area contributed by atoms with Crippen LogP contribution in [0.4, 0.5) is 0 Å². The molecular formula is C37H64O9. The number of hydrogen-bond donors (Lipinski definition) is 4. The van der Waals surface area contributed by atoms with Crippen LogP contribution in [0, 0.1) is 0 Å². The highest BCUT2D eigenvalue weighted by Gasteiger charge is 2.44. The Balaban J connectivity index is 2.28. The zero-order valence-electron chi connectivity index (χ0n) is 28.6. The van der Waals surface area contributed by atoms with E-state index in [9.17, 15) is 25.2 Å². The lowest BCUT2D eigenvalue weighted by molar-refractivity contribution is -0.305. The van der Waals surface area contributed by atoms with Crippen LogP contribution in [0.1, 0.15) is 117 Å². The second kappa shape index (κ2) is 29.3. The number of rotatable bonds is 28. The Morgan fingerprint density at radius 3 is 2.00 bits per heavy atom. The van der Waals surface area contributed by atoms with E-state index in [1.807, 2.05) is 0 Å². The highest BCUT2D eigenvalue weighted by Crippen LogP contribution is 2.22. The first-order chi connectivity index (χ1) is 22.4. The van der Waals surface area contributed by atoms with E-state index in [0.29, 0.717) is 13.0 Å². The van der Waals surface area contributed by atoms with Crippen molar-refractivity contribution in [3.63, 3.8) is 0 Å². The molecule has 6 unspecified atom stereocenters. The molecule has 4 N–H and O–H groups in total. The lowest BCUT2D eigenvalue weighted by atomic mass is 9.99.